The van der Waals surface area contributed by atoms with E-state index in [1.807, 2.05) is 0 Å². The second kappa shape index (κ2) is 10.9. The van der Waals surface area contributed by atoms with Gasteiger partial charge >= 0.3 is 0 Å². The highest BCUT2D eigenvalue weighted by Crippen LogP contribution is 2.32. The van der Waals surface area contributed by atoms with E-state index in [1.165, 1.54) is 55.5 Å². The van der Waals surface area contributed by atoms with Crippen LogP contribution in [0, 0.1) is 29.1 Å². The van der Waals surface area contributed by atoms with Gasteiger partial charge in [0.1, 0.15) is 12.4 Å². The van der Waals surface area contributed by atoms with E-state index in [0.29, 0.717) is 16.7 Å². The molecule has 0 spiro atoms. The molecule has 0 fully saturated rings. The van der Waals surface area contributed by atoms with Crippen molar-refractivity contribution >= 4 is 5.83 Å². The van der Waals surface area contributed by atoms with Gasteiger partial charge in [-0.2, -0.15) is 0 Å². The molecule has 4 aromatic carbocycles. The van der Waals surface area contributed by atoms with Gasteiger partial charge in [-0.1, -0.05) is 55.5 Å². The highest BCUT2D eigenvalue weighted by molar-refractivity contribution is 5.69. The zero-order chi connectivity index (χ0) is 26.7. The number of benzene rings is 4. The molecular formula is C29H19F7O. The van der Waals surface area contributed by atoms with Crippen LogP contribution in [0.2, 0.25) is 0 Å². The highest BCUT2D eigenvalue weighted by atomic mass is 19.2. The monoisotopic (exact) mass is 516 g/mol. The Hall–Kier alpha value is -4.07. The van der Waals surface area contributed by atoms with Crippen LogP contribution in [-0.2, 0) is 6.61 Å². The molecule has 0 aliphatic carbocycles. The van der Waals surface area contributed by atoms with Crippen LogP contribution in [-0.4, -0.2) is 0 Å². The van der Waals surface area contributed by atoms with E-state index in [9.17, 15) is 30.7 Å². The summed E-state index contributed by atoms with van der Waals surface area (Å²) in [5, 5.41) is 0. The molecule has 37 heavy (non-hydrogen) atoms. The van der Waals surface area contributed by atoms with E-state index in [4.69, 9.17) is 4.74 Å². The Morgan fingerprint density at radius 3 is 1.57 bits per heavy atom. The summed E-state index contributed by atoms with van der Waals surface area (Å²) in [5.74, 6) is -8.60. The van der Waals surface area contributed by atoms with Crippen molar-refractivity contribution in [3.63, 3.8) is 0 Å². The van der Waals surface area contributed by atoms with Crippen molar-refractivity contribution in [1.82, 2.24) is 0 Å². The molecule has 0 saturated heterocycles. The van der Waals surface area contributed by atoms with Gasteiger partial charge in [-0.3, -0.25) is 0 Å². The van der Waals surface area contributed by atoms with Crippen molar-refractivity contribution in [3.05, 3.63) is 119 Å². The lowest BCUT2D eigenvalue weighted by Crippen LogP contribution is -2.00. The molecule has 0 bridgehead atoms. The summed E-state index contributed by atoms with van der Waals surface area (Å²) in [6.07, 6.45) is -0.0934. The van der Waals surface area contributed by atoms with Crippen LogP contribution in [0.25, 0.3) is 28.1 Å². The molecule has 1 nitrogen and oxygen atoms in total. The first-order valence-corrected chi connectivity index (χ1v) is 11.2. The van der Waals surface area contributed by atoms with Crippen molar-refractivity contribution in [2.75, 3.05) is 0 Å². The lowest BCUT2D eigenvalue weighted by Gasteiger charge is -2.11. The molecule has 0 heterocycles. The second-order valence-electron chi connectivity index (χ2n) is 8.16. The largest absolute Gasteiger partial charge is 0.483 e. The third-order valence-corrected chi connectivity index (χ3v) is 5.67. The predicted octanol–water partition coefficient (Wildman–Crippen LogP) is 9.31. The summed E-state index contributed by atoms with van der Waals surface area (Å²) < 4.78 is 102. The average Bonchev–Trinajstić information content (AvgIpc) is 2.90. The molecule has 0 N–H and O–H groups in total. The van der Waals surface area contributed by atoms with Gasteiger partial charge in [0.25, 0.3) is 0 Å². The Balaban J connectivity index is 1.48. The van der Waals surface area contributed by atoms with Crippen LogP contribution in [0.4, 0.5) is 30.7 Å². The Morgan fingerprint density at radius 1 is 0.622 bits per heavy atom. The molecule has 0 atom stereocenters. The molecule has 0 saturated carbocycles. The van der Waals surface area contributed by atoms with E-state index in [-0.39, 0.29) is 29.7 Å². The van der Waals surface area contributed by atoms with Crippen LogP contribution in [0.1, 0.15) is 24.5 Å². The smallest absolute Gasteiger partial charge is 0.194 e. The number of hydrogen-bond donors (Lipinski definition) is 0. The number of hydrogen-bond acceptors (Lipinski definition) is 1. The minimum atomic E-state index is -1.56. The SMILES string of the molecule is CC/C(F)=C(\F)c1ccc(-c2cc(F)c(OCc3ccc(-c4cc(F)c(F)c(F)c4)cc3)c(F)c2)cc1. The third kappa shape index (κ3) is 5.69. The van der Waals surface area contributed by atoms with E-state index in [2.05, 4.69) is 0 Å². The molecule has 0 radical (unpaired) electrons. The molecule has 4 rings (SSSR count). The first-order chi connectivity index (χ1) is 17.7. The zero-order valence-electron chi connectivity index (χ0n) is 19.4. The maximum atomic E-state index is 14.7. The molecule has 0 aliphatic heterocycles. The van der Waals surface area contributed by atoms with E-state index in [0.717, 1.165) is 24.3 Å². The highest BCUT2D eigenvalue weighted by Gasteiger charge is 2.16. The van der Waals surface area contributed by atoms with Crippen LogP contribution >= 0.6 is 0 Å². The Morgan fingerprint density at radius 2 is 1.08 bits per heavy atom. The maximum absolute atomic E-state index is 14.7. The molecule has 8 heteroatoms. The van der Waals surface area contributed by atoms with Gasteiger partial charge in [0.2, 0.25) is 0 Å². The number of rotatable bonds is 7. The predicted molar refractivity (Wildman–Crippen MR) is 127 cm³/mol. The van der Waals surface area contributed by atoms with Crippen molar-refractivity contribution in [3.8, 4) is 28.0 Å². The molecule has 4 aromatic rings. The Labute approximate surface area is 208 Å². The quantitative estimate of drug-likeness (QED) is 0.176. The van der Waals surface area contributed by atoms with Crippen LogP contribution < -0.4 is 4.74 Å². The normalized spacial score (nSPS) is 11.9. The number of allylic oxidation sites excluding steroid dienone is 1. The zero-order valence-corrected chi connectivity index (χ0v) is 19.4. The van der Waals surface area contributed by atoms with Crippen LogP contribution in [0.5, 0.6) is 5.75 Å². The summed E-state index contributed by atoms with van der Waals surface area (Å²) >= 11 is 0. The fraction of sp³-hybridized carbons (Fsp3) is 0.103. The minimum Gasteiger partial charge on any atom is -0.483 e. The van der Waals surface area contributed by atoms with Gasteiger partial charge in [-0.05, 0) is 58.5 Å². The first-order valence-electron chi connectivity index (χ1n) is 11.2. The van der Waals surface area contributed by atoms with E-state index in [1.54, 1.807) is 0 Å². The fourth-order valence-corrected chi connectivity index (χ4v) is 3.66. The summed E-state index contributed by atoms with van der Waals surface area (Å²) in [6, 6.07) is 15.4. The Bertz CT molecular complexity index is 1410. The maximum Gasteiger partial charge on any atom is 0.194 e. The number of halogens is 7. The summed E-state index contributed by atoms with van der Waals surface area (Å²) in [6.45, 7) is 1.27. The van der Waals surface area contributed by atoms with Gasteiger partial charge in [-0.25, -0.2) is 30.7 Å². The molecular weight excluding hydrogens is 497 g/mol. The summed E-state index contributed by atoms with van der Waals surface area (Å²) in [7, 11) is 0. The van der Waals surface area contributed by atoms with Crippen molar-refractivity contribution in [1.29, 1.82) is 0 Å². The fourth-order valence-electron chi connectivity index (χ4n) is 3.66. The lowest BCUT2D eigenvalue weighted by molar-refractivity contribution is 0.274. The minimum absolute atomic E-state index is 0.0183. The number of ether oxygens (including phenoxy) is 1. The van der Waals surface area contributed by atoms with E-state index < -0.39 is 46.5 Å². The van der Waals surface area contributed by atoms with Crippen LogP contribution in [0.15, 0.2) is 78.6 Å². The van der Waals surface area contributed by atoms with Crippen molar-refractivity contribution < 1.29 is 35.5 Å². The second-order valence-corrected chi connectivity index (χ2v) is 8.16. The van der Waals surface area contributed by atoms with Gasteiger partial charge in [0.05, 0.1) is 0 Å². The van der Waals surface area contributed by atoms with Crippen molar-refractivity contribution in [2.45, 2.75) is 20.0 Å². The molecule has 0 amide bonds. The summed E-state index contributed by atoms with van der Waals surface area (Å²) in [4.78, 5) is 0. The van der Waals surface area contributed by atoms with Crippen molar-refractivity contribution in [2.24, 2.45) is 0 Å². The molecule has 0 aliphatic rings. The third-order valence-electron chi connectivity index (χ3n) is 5.67. The molecule has 0 aromatic heterocycles. The van der Waals surface area contributed by atoms with Crippen LogP contribution in [0.3, 0.4) is 0 Å². The van der Waals surface area contributed by atoms with E-state index >= 15 is 0 Å². The van der Waals surface area contributed by atoms with Gasteiger partial charge in [0.15, 0.2) is 40.7 Å². The van der Waals surface area contributed by atoms with Gasteiger partial charge in [-0.15, -0.1) is 0 Å². The Kier molecular flexibility index (Phi) is 7.66. The molecule has 190 valence electrons. The summed E-state index contributed by atoms with van der Waals surface area (Å²) in [5.41, 5.74) is 1.63. The van der Waals surface area contributed by atoms with Gasteiger partial charge < -0.3 is 4.74 Å². The standard InChI is InChI=1S/C29H19F7O/c1-2-22(30)27(35)19-9-7-18(8-10-19)21-13-25(33)29(26(34)14-21)37-15-16-3-5-17(6-4-16)20-11-23(31)28(36)24(32)12-20/h3-14H,2,15H2,1H3/b27-22+. The first kappa shape index (κ1) is 26.0. The topological polar surface area (TPSA) is 9.23 Å². The lowest BCUT2D eigenvalue weighted by atomic mass is 10.0. The van der Waals surface area contributed by atoms with Gasteiger partial charge in [0, 0.05) is 5.56 Å². The average molecular weight is 516 g/mol. The molecule has 0 unspecified atom stereocenters.